The van der Waals surface area contributed by atoms with E-state index in [-0.39, 0.29) is 19.2 Å². The Morgan fingerprint density at radius 3 is 2.68 bits per heavy atom. The molecule has 132 valence electrons. The van der Waals surface area contributed by atoms with Gasteiger partial charge in [-0.1, -0.05) is 29.8 Å². The Bertz CT molecular complexity index is 830. The van der Waals surface area contributed by atoms with E-state index in [1.807, 2.05) is 0 Å². The number of rotatable bonds is 2. The van der Waals surface area contributed by atoms with Crippen molar-refractivity contribution in [1.29, 1.82) is 0 Å². The van der Waals surface area contributed by atoms with Crippen LogP contribution in [0.25, 0.3) is 0 Å². The van der Waals surface area contributed by atoms with Crippen LogP contribution >= 0.6 is 22.9 Å². The van der Waals surface area contributed by atoms with Crippen molar-refractivity contribution in [2.75, 3.05) is 6.54 Å². The van der Waals surface area contributed by atoms with E-state index in [9.17, 15) is 22.4 Å². The van der Waals surface area contributed by atoms with E-state index >= 15 is 0 Å². The van der Waals surface area contributed by atoms with Gasteiger partial charge in [0, 0.05) is 29.5 Å². The van der Waals surface area contributed by atoms with Gasteiger partial charge in [0.25, 0.3) is 0 Å². The van der Waals surface area contributed by atoms with Gasteiger partial charge < -0.3 is 4.90 Å². The molecule has 1 aliphatic heterocycles. The van der Waals surface area contributed by atoms with Crippen LogP contribution in [0, 0.1) is 5.82 Å². The number of nitrogens with zero attached hydrogens (tertiary/aromatic N) is 1. The lowest BCUT2D eigenvalue weighted by Crippen LogP contribution is -2.37. The summed E-state index contributed by atoms with van der Waals surface area (Å²) in [5.74, 6) is -1.67. The third-order valence-corrected chi connectivity index (χ3v) is 5.20. The molecule has 2 aromatic rings. The van der Waals surface area contributed by atoms with Gasteiger partial charge >= 0.3 is 6.18 Å². The van der Waals surface area contributed by atoms with Gasteiger partial charge in [0.15, 0.2) is 0 Å². The Labute approximate surface area is 150 Å². The first-order chi connectivity index (χ1) is 11.7. The van der Waals surface area contributed by atoms with Crippen molar-refractivity contribution in [1.82, 2.24) is 4.90 Å². The molecule has 0 fully saturated rings. The SMILES string of the molecule is O=C(/C=C/C(F)(F)F)N1Cc2sc(Cl)cc2[C@@H](c2ccccc2F)C1. The molecule has 3 rings (SSSR count). The number of halogens is 5. The highest BCUT2D eigenvalue weighted by molar-refractivity contribution is 7.16. The quantitative estimate of drug-likeness (QED) is 0.515. The van der Waals surface area contributed by atoms with E-state index in [4.69, 9.17) is 11.6 Å². The molecule has 0 radical (unpaired) electrons. The highest BCUT2D eigenvalue weighted by Crippen LogP contribution is 2.40. The summed E-state index contributed by atoms with van der Waals surface area (Å²) in [6.45, 7) is 0.237. The van der Waals surface area contributed by atoms with Gasteiger partial charge in [0.05, 0.1) is 10.9 Å². The smallest absolute Gasteiger partial charge is 0.333 e. The van der Waals surface area contributed by atoms with Crippen LogP contribution < -0.4 is 0 Å². The van der Waals surface area contributed by atoms with Crippen molar-refractivity contribution in [3.8, 4) is 0 Å². The number of fused-ring (bicyclic) bond motifs is 1. The van der Waals surface area contributed by atoms with E-state index < -0.39 is 23.8 Å². The zero-order chi connectivity index (χ0) is 18.2. The van der Waals surface area contributed by atoms with Gasteiger partial charge in [0.2, 0.25) is 5.91 Å². The average Bonchev–Trinajstić information content (AvgIpc) is 2.91. The predicted molar refractivity (Wildman–Crippen MR) is 88.2 cm³/mol. The van der Waals surface area contributed by atoms with Crippen LogP contribution in [0.2, 0.25) is 4.34 Å². The molecule has 1 aromatic carbocycles. The van der Waals surface area contributed by atoms with Crippen LogP contribution in [-0.2, 0) is 11.3 Å². The molecule has 2 heterocycles. The van der Waals surface area contributed by atoms with Gasteiger partial charge in [-0.15, -0.1) is 11.3 Å². The van der Waals surface area contributed by atoms with Crippen molar-refractivity contribution in [3.63, 3.8) is 0 Å². The van der Waals surface area contributed by atoms with Crippen LogP contribution in [0.4, 0.5) is 17.6 Å². The van der Waals surface area contributed by atoms with E-state index in [1.165, 1.54) is 22.3 Å². The first kappa shape index (κ1) is 17.9. The lowest BCUT2D eigenvalue weighted by atomic mass is 9.88. The largest absolute Gasteiger partial charge is 0.409 e. The van der Waals surface area contributed by atoms with Gasteiger partial charge in [-0.2, -0.15) is 13.2 Å². The molecule has 1 aromatic heterocycles. The Kier molecular flexibility index (Phi) is 4.88. The molecule has 1 amide bonds. The lowest BCUT2D eigenvalue weighted by molar-refractivity contribution is -0.127. The van der Waals surface area contributed by atoms with Crippen LogP contribution in [0.5, 0.6) is 0 Å². The number of hydrogen-bond acceptors (Lipinski definition) is 2. The summed E-state index contributed by atoms with van der Waals surface area (Å²) >= 11 is 7.29. The number of benzene rings is 1. The Hall–Kier alpha value is -1.86. The van der Waals surface area contributed by atoms with Crippen molar-refractivity contribution in [3.05, 3.63) is 68.6 Å². The number of carbonyl (C=O) groups excluding carboxylic acids is 1. The summed E-state index contributed by atoms with van der Waals surface area (Å²) < 4.78 is 51.6. The summed E-state index contributed by atoms with van der Waals surface area (Å²) in [6.07, 6.45) is -4.16. The Balaban J connectivity index is 1.95. The minimum absolute atomic E-state index is 0.0853. The molecule has 0 saturated heterocycles. The molecule has 0 saturated carbocycles. The first-order valence-corrected chi connectivity index (χ1v) is 8.51. The van der Waals surface area contributed by atoms with Crippen LogP contribution in [0.1, 0.15) is 21.9 Å². The maximum absolute atomic E-state index is 14.2. The van der Waals surface area contributed by atoms with Crippen LogP contribution in [0.3, 0.4) is 0 Å². The molecule has 1 atom stereocenters. The summed E-state index contributed by atoms with van der Waals surface area (Å²) in [4.78, 5) is 14.2. The van der Waals surface area contributed by atoms with Gasteiger partial charge in [-0.05, 0) is 23.3 Å². The molecule has 2 nitrogen and oxygen atoms in total. The maximum atomic E-state index is 14.2. The van der Waals surface area contributed by atoms with Crippen LogP contribution in [0.15, 0.2) is 42.5 Å². The maximum Gasteiger partial charge on any atom is 0.409 e. The number of carbonyl (C=O) groups is 1. The molecule has 0 spiro atoms. The van der Waals surface area contributed by atoms with Gasteiger partial charge in [-0.3, -0.25) is 4.79 Å². The minimum atomic E-state index is -4.56. The molecule has 1 aliphatic rings. The van der Waals surface area contributed by atoms with Crippen molar-refractivity contribution >= 4 is 28.8 Å². The molecule has 0 N–H and O–H groups in total. The molecule has 25 heavy (non-hydrogen) atoms. The second-order valence-corrected chi connectivity index (χ2v) is 7.36. The lowest BCUT2D eigenvalue weighted by Gasteiger charge is -2.32. The van der Waals surface area contributed by atoms with E-state index in [2.05, 4.69) is 0 Å². The molecular formula is C17H12ClF4NOS. The van der Waals surface area contributed by atoms with Gasteiger partial charge in [-0.25, -0.2) is 4.39 Å². The summed E-state index contributed by atoms with van der Waals surface area (Å²) in [5.41, 5.74) is 1.19. The summed E-state index contributed by atoms with van der Waals surface area (Å²) in [5, 5.41) is 0. The first-order valence-electron chi connectivity index (χ1n) is 7.32. The monoisotopic (exact) mass is 389 g/mol. The standard InChI is InChI=1S/C17H12ClF4NOS/c18-15-7-11-12(10-3-1-2-4-13(10)19)8-23(9-14(11)25-15)16(24)5-6-17(20,21)22/h1-7,12H,8-9H2/b6-5+/t12-/m1/s1. The predicted octanol–water partition coefficient (Wildman–Crippen LogP) is 5.13. The summed E-state index contributed by atoms with van der Waals surface area (Å²) in [6, 6.07) is 7.88. The van der Waals surface area contributed by atoms with Crippen molar-refractivity contribution in [2.24, 2.45) is 0 Å². The fourth-order valence-electron chi connectivity index (χ4n) is 2.85. The van der Waals surface area contributed by atoms with E-state index in [0.29, 0.717) is 16.0 Å². The topological polar surface area (TPSA) is 20.3 Å². The third kappa shape index (κ3) is 4.04. The second kappa shape index (κ2) is 6.80. The highest BCUT2D eigenvalue weighted by Gasteiger charge is 2.32. The molecular weight excluding hydrogens is 378 g/mol. The summed E-state index contributed by atoms with van der Waals surface area (Å²) in [7, 11) is 0. The van der Waals surface area contributed by atoms with Crippen molar-refractivity contribution < 1.29 is 22.4 Å². The normalized spacial score (nSPS) is 17.8. The molecule has 0 bridgehead atoms. The number of amides is 1. The van der Waals surface area contributed by atoms with Gasteiger partial charge in [0.1, 0.15) is 5.82 Å². The number of hydrogen-bond donors (Lipinski definition) is 0. The number of thiophene rings is 1. The second-order valence-electron chi connectivity index (χ2n) is 5.60. The molecule has 8 heteroatoms. The number of allylic oxidation sites excluding steroid dienone is 1. The van der Waals surface area contributed by atoms with Crippen LogP contribution in [-0.4, -0.2) is 23.5 Å². The zero-order valence-corrected chi connectivity index (χ0v) is 14.3. The number of alkyl halides is 3. The average molecular weight is 390 g/mol. The Morgan fingerprint density at radius 2 is 2.00 bits per heavy atom. The van der Waals surface area contributed by atoms with E-state index in [1.54, 1.807) is 24.3 Å². The Morgan fingerprint density at radius 1 is 1.28 bits per heavy atom. The van der Waals surface area contributed by atoms with Crippen molar-refractivity contribution in [2.45, 2.75) is 18.6 Å². The highest BCUT2D eigenvalue weighted by atomic mass is 35.5. The fraction of sp³-hybridized carbons (Fsp3) is 0.235. The minimum Gasteiger partial charge on any atom is -0.333 e. The van der Waals surface area contributed by atoms with E-state index in [0.717, 1.165) is 10.4 Å². The zero-order valence-electron chi connectivity index (χ0n) is 12.7. The fourth-order valence-corrected chi connectivity index (χ4v) is 4.20. The molecule has 0 unspecified atom stereocenters. The third-order valence-electron chi connectivity index (χ3n) is 3.93. The molecule has 0 aliphatic carbocycles.